The van der Waals surface area contributed by atoms with Gasteiger partial charge in [-0.15, -0.1) is 0 Å². The molecule has 5 nitrogen and oxygen atoms in total. The quantitative estimate of drug-likeness (QED) is 0.869. The van der Waals surface area contributed by atoms with Crippen LogP contribution in [0.5, 0.6) is 0 Å². The van der Waals surface area contributed by atoms with E-state index in [1.165, 1.54) is 16.2 Å². The number of thiophene rings is 1. The first kappa shape index (κ1) is 19.0. The summed E-state index contributed by atoms with van der Waals surface area (Å²) in [6, 6.07) is 10.6. The van der Waals surface area contributed by atoms with Crippen LogP contribution in [0.15, 0.2) is 47.2 Å². The third kappa shape index (κ3) is 5.60. The molecule has 2 rings (SSSR count). The second-order valence-electron chi connectivity index (χ2n) is 6.81. The number of nitrogens with one attached hydrogen (secondary N) is 1. The molecule has 0 radical (unpaired) electrons. The average molecular weight is 360 g/mol. The largest absolute Gasteiger partial charge is 0.444 e. The average Bonchev–Trinajstić information content (AvgIpc) is 3.06. The highest BCUT2D eigenvalue weighted by molar-refractivity contribution is 7.08. The number of carbonyl (C=O) groups is 2. The fourth-order valence-corrected chi connectivity index (χ4v) is 2.89. The molecule has 1 aromatic heterocycles. The van der Waals surface area contributed by atoms with Crippen molar-refractivity contribution in [1.82, 2.24) is 5.32 Å². The number of ether oxygens (including phenoxy) is 1. The zero-order valence-electron chi connectivity index (χ0n) is 15.0. The van der Waals surface area contributed by atoms with Gasteiger partial charge < -0.3 is 10.1 Å². The van der Waals surface area contributed by atoms with Gasteiger partial charge in [-0.3, -0.25) is 9.69 Å². The summed E-state index contributed by atoms with van der Waals surface area (Å²) < 4.78 is 5.43. The minimum absolute atomic E-state index is 0.161. The van der Waals surface area contributed by atoms with E-state index in [9.17, 15) is 9.59 Å². The van der Waals surface area contributed by atoms with Crippen LogP contribution in [0.2, 0.25) is 0 Å². The van der Waals surface area contributed by atoms with Crippen molar-refractivity contribution in [3.8, 4) is 0 Å². The fraction of sp³-hybridized carbons (Fsp3) is 0.368. The maximum absolute atomic E-state index is 12.7. The summed E-state index contributed by atoms with van der Waals surface area (Å²) in [6.45, 7) is 7.57. The van der Waals surface area contributed by atoms with Gasteiger partial charge in [-0.25, -0.2) is 4.79 Å². The van der Waals surface area contributed by atoms with Crippen LogP contribution in [0.3, 0.4) is 0 Å². The molecule has 2 amide bonds. The molecule has 0 fully saturated rings. The SMILES string of the molecule is C[C@@H](C(=O)NC(C)(C)C)N(C(=O)OCc1ccccc1)c1ccsc1. The monoisotopic (exact) mass is 360 g/mol. The van der Waals surface area contributed by atoms with Crippen LogP contribution in [0.1, 0.15) is 33.3 Å². The molecule has 1 aromatic carbocycles. The molecule has 0 saturated heterocycles. The molecule has 0 aliphatic heterocycles. The van der Waals surface area contributed by atoms with E-state index in [1.807, 2.05) is 61.9 Å². The molecular weight excluding hydrogens is 336 g/mol. The van der Waals surface area contributed by atoms with E-state index >= 15 is 0 Å². The zero-order chi connectivity index (χ0) is 18.4. The molecule has 0 aliphatic carbocycles. The summed E-state index contributed by atoms with van der Waals surface area (Å²) in [5.74, 6) is -0.227. The molecule has 0 saturated carbocycles. The molecule has 1 N–H and O–H groups in total. The van der Waals surface area contributed by atoms with E-state index in [4.69, 9.17) is 4.74 Å². The van der Waals surface area contributed by atoms with Crippen LogP contribution in [0.4, 0.5) is 10.5 Å². The van der Waals surface area contributed by atoms with Crippen molar-refractivity contribution < 1.29 is 14.3 Å². The third-order valence-corrected chi connectivity index (χ3v) is 4.12. The first-order valence-corrected chi connectivity index (χ1v) is 9.06. The normalized spacial score (nSPS) is 12.3. The Morgan fingerprint density at radius 3 is 2.44 bits per heavy atom. The topological polar surface area (TPSA) is 58.6 Å². The smallest absolute Gasteiger partial charge is 0.415 e. The molecule has 0 unspecified atom stereocenters. The van der Waals surface area contributed by atoms with E-state index in [-0.39, 0.29) is 18.1 Å². The predicted octanol–water partition coefficient (Wildman–Crippen LogP) is 4.19. The van der Waals surface area contributed by atoms with Crippen molar-refractivity contribution in [1.29, 1.82) is 0 Å². The first-order chi connectivity index (χ1) is 11.8. The summed E-state index contributed by atoms with van der Waals surface area (Å²) in [5, 5.41) is 6.59. The molecule has 134 valence electrons. The second-order valence-corrected chi connectivity index (χ2v) is 7.59. The van der Waals surface area contributed by atoms with Crippen LogP contribution in [0, 0.1) is 0 Å². The van der Waals surface area contributed by atoms with Crippen molar-refractivity contribution in [2.24, 2.45) is 0 Å². The Bertz CT molecular complexity index is 693. The number of benzene rings is 1. The molecular formula is C19H24N2O3S. The molecule has 0 bridgehead atoms. The van der Waals surface area contributed by atoms with Crippen molar-refractivity contribution in [2.75, 3.05) is 4.90 Å². The molecule has 1 heterocycles. The number of hydrogen-bond donors (Lipinski definition) is 1. The number of rotatable bonds is 5. The van der Waals surface area contributed by atoms with Crippen molar-refractivity contribution >= 4 is 29.0 Å². The van der Waals surface area contributed by atoms with Gasteiger partial charge in [0.25, 0.3) is 0 Å². The van der Waals surface area contributed by atoms with Crippen LogP contribution < -0.4 is 10.2 Å². The maximum Gasteiger partial charge on any atom is 0.415 e. The van der Waals surface area contributed by atoms with Crippen molar-refractivity contribution in [2.45, 2.75) is 45.9 Å². The summed E-state index contributed by atoms with van der Waals surface area (Å²) in [6.07, 6.45) is -0.543. The standard InChI is InChI=1S/C19H24N2O3S/c1-14(17(22)20-19(2,3)4)21(16-10-11-25-13-16)18(23)24-12-15-8-6-5-7-9-15/h5-11,13-14H,12H2,1-4H3,(H,20,22)/t14-/m0/s1. The Hall–Kier alpha value is -2.34. The second kappa shape index (κ2) is 8.16. The van der Waals surface area contributed by atoms with Gasteiger partial charge in [0, 0.05) is 10.9 Å². The highest BCUT2D eigenvalue weighted by Crippen LogP contribution is 2.22. The summed E-state index contributed by atoms with van der Waals surface area (Å²) in [5.41, 5.74) is 1.17. The van der Waals surface area contributed by atoms with E-state index in [0.29, 0.717) is 5.69 Å². The number of carbonyl (C=O) groups excluding carboxylic acids is 2. The van der Waals surface area contributed by atoms with E-state index in [2.05, 4.69) is 5.32 Å². The van der Waals surface area contributed by atoms with Gasteiger partial charge in [-0.05, 0) is 44.7 Å². The lowest BCUT2D eigenvalue weighted by Crippen LogP contribution is -2.52. The lowest BCUT2D eigenvalue weighted by atomic mass is 10.1. The van der Waals surface area contributed by atoms with Crippen molar-refractivity contribution in [3.05, 3.63) is 52.7 Å². The Kier molecular flexibility index (Phi) is 6.20. The Morgan fingerprint density at radius 1 is 1.20 bits per heavy atom. The summed E-state index contributed by atoms with van der Waals surface area (Å²) >= 11 is 1.46. The highest BCUT2D eigenvalue weighted by Gasteiger charge is 2.30. The van der Waals surface area contributed by atoms with Crippen LogP contribution in [-0.2, 0) is 16.1 Å². The lowest BCUT2D eigenvalue weighted by molar-refractivity contribution is -0.123. The minimum Gasteiger partial charge on any atom is -0.444 e. The van der Waals surface area contributed by atoms with E-state index < -0.39 is 12.1 Å². The van der Waals surface area contributed by atoms with Crippen LogP contribution in [-0.4, -0.2) is 23.6 Å². The highest BCUT2D eigenvalue weighted by atomic mass is 32.1. The predicted molar refractivity (Wildman–Crippen MR) is 101 cm³/mol. The third-order valence-electron chi connectivity index (χ3n) is 3.45. The van der Waals surface area contributed by atoms with Gasteiger partial charge in [0.1, 0.15) is 12.6 Å². The fourth-order valence-electron chi connectivity index (χ4n) is 2.26. The van der Waals surface area contributed by atoms with Crippen LogP contribution >= 0.6 is 11.3 Å². The van der Waals surface area contributed by atoms with E-state index in [1.54, 1.807) is 13.0 Å². The summed E-state index contributed by atoms with van der Waals surface area (Å²) in [4.78, 5) is 26.6. The molecule has 2 aromatic rings. The van der Waals surface area contributed by atoms with Gasteiger partial charge in [0.05, 0.1) is 5.69 Å². The number of hydrogen-bond acceptors (Lipinski definition) is 4. The minimum atomic E-state index is -0.683. The Balaban J connectivity index is 2.13. The molecule has 1 atom stereocenters. The van der Waals surface area contributed by atoms with E-state index in [0.717, 1.165) is 5.56 Å². The number of amides is 2. The Labute approximate surface area is 152 Å². The van der Waals surface area contributed by atoms with Crippen molar-refractivity contribution in [3.63, 3.8) is 0 Å². The van der Waals surface area contributed by atoms with Gasteiger partial charge in [-0.2, -0.15) is 11.3 Å². The van der Waals surface area contributed by atoms with Gasteiger partial charge >= 0.3 is 6.09 Å². The van der Waals surface area contributed by atoms with Gasteiger partial charge in [0.15, 0.2) is 0 Å². The molecule has 0 spiro atoms. The molecule has 25 heavy (non-hydrogen) atoms. The first-order valence-electron chi connectivity index (χ1n) is 8.12. The summed E-state index contributed by atoms with van der Waals surface area (Å²) in [7, 11) is 0. The molecule has 6 heteroatoms. The Morgan fingerprint density at radius 2 is 1.88 bits per heavy atom. The maximum atomic E-state index is 12.7. The number of anilines is 1. The number of nitrogens with zero attached hydrogens (tertiary/aromatic N) is 1. The zero-order valence-corrected chi connectivity index (χ0v) is 15.8. The van der Waals surface area contributed by atoms with Gasteiger partial charge in [0.2, 0.25) is 5.91 Å². The lowest BCUT2D eigenvalue weighted by Gasteiger charge is -2.30. The molecule has 0 aliphatic rings. The van der Waals surface area contributed by atoms with Gasteiger partial charge in [-0.1, -0.05) is 30.3 Å². The van der Waals surface area contributed by atoms with Crippen LogP contribution in [0.25, 0.3) is 0 Å².